The normalized spacial score (nSPS) is 15.5. The van der Waals surface area contributed by atoms with Crippen molar-refractivity contribution in [2.24, 2.45) is 0 Å². The van der Waals surface area contributed by atoms with Crippen molar-refractivity contribution in [2.45, 2.75) is 6.10 Å². The minimum Gasteiger partial charge on any atom is -0.495 e. The van der Waals surface area contributed by atoms with Gasteiger partial charge in [0.15, 0.2) is 0 Å². The van der Waals surface area contributed by atoms with Crippen LogP contribution in [0.4, 0.5) is 23.1 Å². The first kappa shape index (κ1) is 28.2. The van der Waals surface area contributed by atoms with Crippen LogP contribution in [0.15, 0.2) is 65.8 Å². The summed E-state index contributed by atoms with van der Waals surface area (Å²) in [5, 5.41) is 15.1. The molecule has 3 aromatic heterocycles. The third kappa shape index (κ3) is 5.73. The highest BCUT2D eigenvalue weighted by molar-refractivity contribution is 9.10. The van der Waals surface area contributed by atoms with Crippen molar-refractivity contribution in [3.63, 3.8) is 0 Å². The van der Waals surface area contributed by atoms with Gasteiger partial charge in [-0.3, -0.25) is 9.97 Å². The molecule has 2 aromatic carbocycles. The van der Waals surface area contributed by atoms with E-state index in [1.807, 2.05) is 36.5 Å². The van der Waals surface area contributed by atoms with Crippen LogP contribution in [0.5, 0.6) is 5.75 Å². The van der Waals surface area contributed by atoms with Gasteiger partial charge in [0.05, 0.1) is 52.2 Å². The molecule has 1 saturated heterocycles. The predicted octanol–water partition coefficient (Wildman–Crippen LogP) is 4.77. The SMILES string of the molecule is COc1cc(C2CNCCO2)c(-n2cccn2)cc1Nc1ncc(Br)c(Nc2ccc3nccnc3c2P(C)(C)=O)n1. The van der Waals surface area contributed by atoms with Crippen LogP contribution in [0.1, 0.15) is 11.7 Å². The van der Waals surface area contributed by atoms with E-state index >= 15 is 0 Å². The number of nitrogens with zero attached hydrogens (tertiary/aromatic N) is 6. The lowest BCUT2D eigenvalue weighted by molar-refractivity contribution is 0.0275. The highest BCUT2D eigenvalue weighted by atomic mass is 79.9. The van der Waals surface area contributed by atoms with E-state index in [1.54, 1.807) is 49.9 Å². The number of ether oxygens (including phenoxy) is 2. The van der Waals surface area contributed by atoms with Crippen molar-refractivity contribution in [1.29, 1.82) is 0 Å². The van der Waals surface area contributed by atoms with Crippen molar-refractivity contribution >= 4 is 62.6 Å². The lowest BCUT2D eigenvalue weighted by atomic mass is 10.0. The molecule has 216 valence electrons. The Bertz CT molecular complexity index is 1790. The van der Waals surface area contributed by atoms with Gasteiger partial charge < -0.3 is 30.0 Å². The predicted molar refractivity (Wildman–Crippen MR) is 167 cm³/mol. The summed E-state index contributed by atoms with van der Waals surface area (Å²) in [6.07, 6.45) is 8.32. The Kier molecular flexibility index (Phi) is 7.91. The lowest BCUT2D eigenvalue weighted by Crippen LogP contribution is -2.33. The van der Waals surface area contributed by atoms with Gasteiger partial charge in [0.2, 0.25) is 5.95 Å². The Balaban J connectivity index is 1.37. The minimum absolute atomic E-state index is 0.158. The molecule has 1 fully saturated rings. The molecule has 1 unspecified atom stereocenters. The van der Waals surface area contributed by atoms with E-state index in [0.717, 1.165) is 17.8 Å². The molecule has 5 aromatic rings. The van der Waals surface area contributed by atoms with Crippen LogP contribution < -0.4 is 26.0 Å². The number of anilines is 4. The van der Waals surface area contributed by atoms with Crippen LogP contribution in [0.2, 0.25) is 0 Å². The Morgan fingerprint density at radius 3 is 2.71 bits per heavy atom. The zero-order valence-electron chi connectivity index (χ0n) is 23.2. The van der Waals surface area contributed by atoms with Gasteiger partial charge in [-0.1, -0.05) is 0 Å². The first-order chi connectivity index (χ1) is 20.3. The molecule has 3 N–H and O–H groups in total. The maximum atomic E-state index is 13.4. The Morgan fingerprint density at radius 1 is 1.12 bits per heavy atom. The molecule has 1 atom stereocenters. The fourth-order valence-corrected chi connectivity index (χ4v) is 6.60. The van der Waals surface area contributed by atoms with Crippen LogP contribution in [-0.4, -0.2) is 69.9 Å². The van der Waals surface area contributed by atoms with Gasteiger partial charge in [0, 0.05) is 49.6 Å². The van der Waals surface area contributed by atoms with Gasteiger partial charge in [-0.15, -0.1) is 0 Å². The molecule has 12 nitrogen and oxygen atoms in total. The molecule has 6 rings (SSSR count). The molecule has 1 aliphatic rings. The Labute approximate surface area is 250 Å². The van der Waals surface area contributed by atoms with Crippen LogP contribution in [0.25, 0.3) is 16.7 Å². The average molecular weight is 650 g/mol. The highest BCUT2D eigenvalue weighted by Crippen LogP contribution is 2.41. The third-order valence-electron chi connectivity index (χ3n) is 6.77. The van der Waals surface area contributed by atoms with Crippen molar-refractivity contribution in [3.8, 4) is 11.4 Å². The van der Waals surface area contributed by atoms with Crippen molar-refractivity contribution in [3.05, 3.63) is 71.4 Å². The molecule has 0 radical (unpaired) electrons. The van der Waals surface area contributed by atoms with Gasteiger partial charge in [-0.25, -0.2) is 9.67 Å². The van der Waals surface area contributed by atoms with E-state index in [9.17, 15) is 4.57 Å². The van der Waals surface area contributed by atoms with Gasteiger partial charge in [-0.05, 0) is 59.6 Å². The summed E-state index contributed by atoms with van der Waals surface area (Å²) in [6.45, 7) is 5.53. The second-order valence-corrected chi connectivity index (χ2v) is 14.0. The molecule has 42 heavy (non-hydrogen) atoms. The average Bonchev–Trinajstić information content (AvgIpc) is 3.53. The van der Waals surface area contributed by atoms with Crippen LogP contribution >= 0.6 is 23.1 Å². The topological polar surface area (TPSA) is 141 Å². The molecule has 0 amide bonds. The molecule has 14 heteroatoms. The number of aromatic nitrogens is 6. The molecule has 4 heterocycles. The Hall–Kier alpha value is -3.90. The number of benzene rings is 2. The molecule has 1 aliphatic heterocycles. The number of hydrogen-bond donors (Lipinski definition) is 3. The second kappa shape index (κ2) is 11.8. The summed E-state index contributed by atoms with van der Waals surface area (Å²) in [7, 11) is -1.14. The van der Waals surface area contributed by atoms with Gasteiger partial charge >= 0.3 is 0 Å². The summed E-state index contributed by atoms with van der Waals surface area (Å²) in [5.74, 6) is 1.41. The van der Waals surface area contributed by atoms with E-state index in [0.29, 0.717) is 62.9 Å². The van der Waals surface area contributed by atoms with Crippen molar-refractivity contribution in [2.75, 3.05) is 50.8 Å². The largest absolute Gasteiger partial charge is 0.495 e. The number of fused-ring (bicyclic) bond motifs is 1. The lowest BCUT2D eigenvalue weighted by Gasteiger charge is -2.27. The molecule has 0 bridgehead atoms. The molecule has 0 saturated carbocycles. The maximum Gasteiger partial charge on any atom is 0.229 e. The summed E-state index contributed by atoms with van der Waals surface area (Å²) in [5.41, 5.74) is 4.33. The van der Waals surface area contributed by atoms with E-state index in [2.05, 4.69) is 51.9 Å². The van der Waals surface area contributed by atoms with Crippen molar-refractivity contribution < 1.29 is 14.0 Å². The first-order valence-electron chi connectivity index (χ1n) is 13.2. The first-order valence-corrected chi connectivity index (χ1v) is 16.6. The van der Waals surface area contributed by atoms with E-state index < -0.39 is 7.14 Å². The van der Waals surface area contributed by atoms with Crippen LogP contribution in [0, 0.1) is 0 Å². The third-order valence-corrected chi connectivity index (χ3v) is 8.88. The fourth-order valence-electron chi connectivity index (χ4n) is 4.91. The number of hydrogen-bond acceptors (Lipinski definition) is 11. The summed E-state index contributed by atoms with van der Waals surface area (Å²) >= 11 is 3.55. The summed E-state index contributed by atoms with van der Waals surface area (Å²) < 4.78 is 27.6. The second-order valence-electron chi connectivity index (χ2n) is 10.0. The van der Waals surface area contributed by atoms with E-state index in [-0.39, 0.29) is 6.10 Å². The number of methoxy groups -OCH3 is 1. The summed E-state index contributed by atoms with van der Waals surface area (Å²) in [6, 6.07) is 9.45. The molecular weight excluding hydrogens is 621 g/mol. The smallest absolute Gasteiger partial charge is 0.229 e. The minimum atomic E-state index is -2.76. The highest BCUT2D eigenvalue weighted by Gasteiger charge is 2.24. The van der Waals surface area contributed by atoms with Crippen LogP contribution in [0.3, 0.4) is 0 Å². The van der Waals surface area contributed by atoms with E-state index in [4.69, 9.17) is 14.5 Å². The Morgan fingerprint density at radius 2 is 1.98 bits per heavy atom. The monoisotopic (exact) mass is 649 g/mol. The summed E-state index contributed by atoms with van der Waals surface area (Å²) in [4.78, 5) is 18.0. The molecule has 0 aliphatic carbocycles. The van der Waals surface area contributed by atoms with Gasteiger partial charge in [0.25, 0.3) is 0 Å². The van der Waals surface area contributed by atoms with Gasteiger partial charge in [-0.2, -0.15) is 10.1 Å². The maximum absolute atomic E-state index is 13.4. The zero-order chi connectivity index (χ0) is 29.3. The zero-order valence-corrected chi connectivity index (χ0v) is 25.7. The number of nitrogens with one attached hydrogen (secondary N) is 3. The number of halogens is 1. The number of rotatable bonds is 8. The fraction of sp³-hybridized carbons (Fsp3) is 0.250. The quantitative estimate of drug-likeness (QED) is 0.200. The number of morpholine rings is 1. The van der Waals surface area contributed by atoms with Crippen LogP contribution in [-0.2, 0) is 9.30 Å². The van der Waals surface area contributed by atoms with Crippen molar-refractivity contribution in [1.82, 2.24) is 35.0 Å². The van der Waals surface area contributed by atoms with E-state index in [1.165, 1.54) is 0 Å². The molecule has 0 spiro atoms. The standard InChI is InChI=1S/C28H29BrN9O3P/c1-40-23-13-17(24-16-30-10-12-41-24)22(38-11-4-7-34-38)14-21(23)36-28-33-15-18(29)27(37-28)35-20-6-5-19-25(32-9-8-31-19)26(20)42(2,3)39/h4-9,11,13-15,24,30H,10,12,16H2,1-3H3,(H2,33,35,36,37). The van der Waals surface area contributed by atoms with Gasteiger partial charge in [0.1, 0.15) is 24.2 Å². The molecular formula is C28H29BrN9O3P.